The predicted octanol–water partition coefficient (Wildman–Crippen LogP) is 3.75. The summed E-state index contributed by atoms with van der Waals surface area (Å²) in [6.45, 7) is 6.98. The van der Waals surface area contributed by atoms with Gasteiger partial charge >= 0.3 is 0 Å². The van der Waals surface area contributed by atoms with E-state index in [9.17, 15) is 0 Å². The van der Waals surface area contributed by atoms with Crippen LogP contribution in [0, 0.1) is 12.5 Å². The molecule has 0 amide bonds. The Kier molecular flexibility index (Phi) is 3.21. The lowest BCUT2D eigenvalue weighted by Gasteiger charge is -2.37. The average Bonchev–Trinajstić information content (AvgIpc) is 2.30. The van der Waals surface area contributed by atoms with Gasteiger partial charge in [0.15, 0.2) is 8.24 Å². The van der Waals surface area contributed by atoms with Crippen LogP contribution in [-0.4, -0.2) is 12.8 Å². The van der Waals surface area contributed by atoms with Crippen molar-refractivity contribution in [3.8, 4) is 0 Å². The highest BCUT2D eigenvalue weighted by molar-refractivity contribution is 6.74. The molecule has 0 heterocycles. The lowest BCUT2D eigenvalue weighted by atomic mass is 10.2. The Morgan fingerprint density at radius 2 is 2.12 bits per heavy atom. The first-order valence-electron chi connectivity index (χ1n) is 5.83. The number of allylic oxidation sites excluding steroid dienone is 7. The van der Waals surface area contributed by atoms with Crippen molar-refractivity contribution in [3.05, 3.63) is 72.2 Å². The van der Waals surface area contributed by atoms with Crippen molar-refractivity contribution in [1.29, 1.82) is 0 Å². The Hall–Kier alpha value is -1.72. The quantitative estimate of drug-likeness (QED) is 0.412. The minimum Gasteiger partial charge on any atom is -0.356 e. The summed E-state index contributed by atoms with van der Waals surface area (Å²) in [4.78, 5) is 0. The summed E-state index contributed by atoms with van der Waals surface area (Å²) in [5.74, 6) is 0. The Bertz CT molecular complexity index is 478. The van der Waals surface area contributed by atoms with E-state index < -0.39 is 8.24 Å². The summed E-state index contributed by atoms with van der Waals surface area (Å²) >= 11 is 0. The number of hydrogen-bond donors (Lipinski definition) is 0. The fourth-order valence-electron chi connectivity index (χ4n) is 1.90. The third-order valence-corrected chi connectivity index (χ3v) is 4.36. The summed E-state index contributed by atoms with van der Waals surface area (Å²) in [6.07, 6.45) is 19.6. The summed E-state index contributed by atoms with van der Waals surface area (Å²) in [5.41, 5.74) is 5.58. The van der Waals surface area contributed by atoms with E-state index in [-0.39, 0.29) is 0 Å². The first-order valence-corrected chi connectivity index (χ1v) is 9.27. The highest BCUT2D eigenvalue weighted by atomic mass is 28.3. The monoisotopic (exact) mass is 239 g/mol. The fraction of sp³-hybridized carbons (Fsp3) is 0.200. The molecule has 0 saturated heterocycles. The second-order valence-electron chi connectivity index (χ2n) is 5.00. The van der Waals surface area contributed by atoms with Crippen LogP contribution >= 0.6 is 0 Å². The van der Waals surface area contributed by atoms with Crippen LogP contribution in [0.25, 0.3) is 0 Å². The molecule has 2 aliphatic rings. The topological polar surface area (TPSA) is 3.24 Å². The zero-order chi connectivity index (χ0) is 12.3. The lowest BCUT2D eigenvalue weighted by Crippen LogP contribution is -2.44. The van der Waals surface area contributed by atoms with E-state index in [1.807, 2.05) is 24.6 Å². The highest BCUT2D eigenvalue weighted by Crippen LogP contribution is 2.25. The van der Waals surface area contributed by atoms with Gasteiger partial charge in [-0.2, -0.15) is 12.5 Å². The zero-order valence-electron chi connectivity index (χ0n) is 10.6. The predicted molar refractivity (Wildman–Crippen MR) is 75.3 cm³/mol. The molecule has 2 heteroatoms. The summed E-state index contributed by atoms with van der Waals surface area (Å²) < 4.78 is 2.38. The van der Waals surface area contributed by atoms with E-state index >= 15 is 0 Å². The van der Waals surface area contributed by atoms with Crippen molar-refractivity contribution in [2.75, 3.05) is 0 Å². The van der Waals surface area contributed by atoms with Crippen LogP contribution in [0.1, 0.15) is 0 Å². The molecule has 0 atom stereocenters. The normalized spacial score (nSPS) is 17.1. The average molecular weight is 239 g/mol. The molecule has 0 aliphatic heterocycles. The Balaban J connectivity index is 2.43. The molecule has 2 aliphatic carbocycles. The zero-order valence-corrected chi connectivity index (χ0v) is 11.6. The molecule has 0 N–H and O–H groups in total. The third-order valence-electron chi connectivity index (χ3n) is 2.54. The van der Waals surface area contributed by atoms with Gasteiger partial charge in [0.25, 0.3) is 0 Å². The van der Waals surface area contributed by atoms with Crippen molar-refractivity contribution in [2.24, 2.45) is 0 Å². The standard InChI is InChI=1S/C15H17NSi/c1-17(2,3)16(14-10-6-4-7-11-14)15-12-8-5-9-13-15/h4-10,12H,1-3H3. The second-order valence-corrected chi connectivity index (χ2v) is 9.79. The molecule has 2 rings (SSSR count). The van der Waals surface area contributed by atoms with Crippen molar-refractivity contribution in [2.45, 2.75) is 19.6 Å². The molecule has 0 radical (unpaired) electrons. The summed E-state index contributed by atoms with van der Waals surface area (Å²) in [7, 11) is -1.50. The van der Waals surface area contributed by atoms with Crippen LogP contribution in [0.5, 0.6) is 0 Å². The van der Waals surface area contributed by atoms with Gasteiger partial charge in [0.05, 0.1) is 18.2 Å². The lowest BCUT2D eigenvalue weighted by molar-refractivity contribution is 0.670. The van der Waals surface area contributed by atoms with Crippen LogP contribution in [-0.2, 0) is 0 Å². The van der Waals surface area contributed by atoms with E-state index in [2.05, 4.69) is 60.3 Å². The molecule has 1 nitrogen and oxygen atoms in total. The maximum Gasteiger partial charge on any atom is 0.200 e. The summed E-state index contributed by atoms with van der Waals surface area (Å²) in [6, 6.07) is 0. The number of hydrogen-bond acceptors (Lipinski definition) is 1. The van der Waals surface area contributed by atoms with Crippen molar-refractivity contribution in [1.82, 2.24) is 4.57 Å². The van der Waals surface area contributed by atoms with E-state index in [4.69, 9.17) is 0 Å². The van der Waals surface area contributed by atoms with E-state index in [0.717, 1.165) is 11.4 Å². The van der Waals surface area contributed by atoms with Gasteiger partial charge in [-0.25, -0.2) is 0 Å². The molecule has 0 aromatic carbocycles. The van der Waals surface area contributed by atoms with Gasteiger partial charge < -0.3 is 4.57 Å². The Labute approximate surface area is 105 Å². The van der Waals surface area contributed by atoms with Crippen molar-refractivity contribution >= 4 is 8.24 Å². The number of rotatable bonds is 3. The minimum absolute atomic E-state index is 1.13. The molecule has 0 spiro atoms. The molecule has 0 aromatic heterocycles. The molecule has 0 aromatic rings. The van der Waals surface area contributed by atoms with Gasteiger partial charge in [-0.3, -0.25) is 5.73 Å². The molecule has 0 unspecified atom stereocenters. The van der Waals surface area contributed by atoms with Crippen LogP contribution in [0.3, 0.4) is 0 Å². The Morgan fingerprint density at radius 3 is 2.65 bits per heavy atom. The largest absolute Gasteiger partial charge is 0.356 e. The SMILES string of the molecule is C[Si](C)(C)N(C1=C=C[CH-]C=C1)C1=CC=CC=[C+]1. The molecule has 0 fully saturated rings. The van der Waals surface area contributed by atoms with E-state index in [0.29, 0.717) is 0 Å². The van der Waals surface area contributed by atoms with Crippen molar-refractivity contribution in [3.63, 3.8) is 0 Å². The third kappa shape index (κ3) is 2.69. The van der Waals surface area contributed by atoms with Crippen LogP contribution in [0.4, 0.5) is 0 Å². The fourth-order valence-corrected chi connectivity index (χ4v) is 3.62. The molecule has 17 heavy (non-hydrogen) atoms. The molecule has 0 bridgehead atoms. The van der Waals surface area contributed by atoms with Crippen molar-refractivity contribution < 1.29 is 0 Å². The van der Waals surface area contributed by atoms with Crippen LogP contribution in [0.2, 0.25) is 19.6 Å². The first-order chi connectivity index (χ1) is 8.09. The minimum atomic E-state index is -1.50. The van der Waals surface area contributed by atoms with Gasteiger partial charge in [0.2, 0.25) is 5.70 Å². The molecule has 86 valence electrons. The highest BCUT2D eigenvalue weighted by Gasteiger charge is 2.28. The van der Waals surface area contributed by atoms with Crippen LogP contribution in [0.15, 0.2) is 59.7 Å². The first kappa shape index (κ1) is 11.8. The van der Waals surface area contributed by atoms with Gasteiger partial charge in [-0.15, -0.1) is 12.2 Å². The van der Waals surface area contributed by atoms with Gasteiger partial charge in [-0.05, 0) is 5.70 Å². The van der Waals surface area contributed by atoms with Gasteiger partial charge in [0.1, 0.15) is 6.08 Å². The molecular formula is C15H17NSi. The van der Waals surface area contributed by atoms with E-state index in [1.54, 1.807) is 0 Å². The van der Waals surface area contributed by atoms with E-state index in [1.165, 1.54) is 0 Å². The van der Waals surface area contributed by atoms with Gasteiger partial charge in [0, 0.05) is 6.08 Å². The van der Waals surface area contributed by atoms with Crippen LogP contribution < -0.4 is 0 Å². The smallest absolute Gasteiger partial charge is 0.200 e. The summed E-state index contributed by atoms with van der Waals surface area (Å²) in [5, 5.41) is 0. The Morgan fingerprint density at radius 1 is 1.29 bits per heavy atom. The maximum absolute atomic E-state index is 3.31. The molecule has 0 saturated carbocycles. The second kappa shape index (κ2) is 4.64. The maximum atomic E-state index is 3.31. The molecular weight excluding hydrogens is 222 g/mol. The number of nitrogens with zero attached hydrogens (tertiary/aromatic N) is 1. The van der Waals surface area contributed by atoms with Gasteiger partial charge in [-0.1, -0.05) is 19.6 Å².